The third-order valence-corrected chi connectivity index (χ3v) is 1.15. The topological polar surface area (TPSA) is 35.8 Å². The molecule has 0 aliphatic carbocycles. The minimum atomic E-state index is -1.98. The van der Waals surface area contributed by atoms with Crippen LogP contribution >= 0.6 is 0 Å². The summed E-state index contributed by atoms with van der Waals surface area (Å²) in [4.78, 5) is 0. The zero-order chi connectivity index (χ0) is 8.43. The van der Waals surface area contributed by atoms with E-state index >= 15 is 0 Å². The Bertz CT molecular complexity index is 274. The van der Waals surface area contributed by atoms with Crippen LogP contribution in [0.5, 0.6) is 0 Å². The zero-order valence-corrected chi connectivity index (χ0v) is 5.24. The summed E-state index contributed by atoms with van der Waals surface area (Å²) in [5, 5.41) is 9.69. The van der Waals surface area contributed by atoms with Gasteiger partial charge in [0, 0.05) is 6.08 Å². The third-order valence-electron chi connectivity index (χ3n) is 1.15. The first-order chi connectivity index (χ1) is 5.15. The Hall–Kier alpha value is -1.44. The lowest BCUT2D eigenvalue weighted by Gasteiger charge is -2.10. The maximum Gasteiger partial charge on any atom is 0.210 e. The van der Waals surface area contributed by atoms with E-state index < -0.39 is 23.6 Å². The van der Waals surface area contributed by atoms with Crippen LogP contribution in [0.25, 0.3) is 0 Å². The SMILES string of the molecule is N#CC1=C(F)NC(F)=CC1F. The highest BCUT2D eigenvalue weighted by Gasteiger charge is 2.22. The number of allylic oxidation sites excluding steroid dienone is 2. The Morgan fingerprint density at radius 3 is 2.64 bits per heavy atom. The largest absolute Gasteiger partial charge is 0.308 e. The van der Waals surface area contributed by atoms with Crippen molar-refractivity contribution in [2.75, 3.05) is 0 Å². The van der Waals surface area contributed by atoms with Gasteiger partial charge in [0.1, 0.15) is 11.6 Å². The van der Waals surface area contributed by atoms with Crippen molar-refractivity contribution in [2.45, 2.75) is 6.17 Å². The van der Waals surface area contributed by atoms with E-state index in [2.05, 4.69) is 0 Å². The second-order valence-corrected chi connectivity index (χ2v) is 1.88. The molecular weight excluding hydrogens is 157 g/mol. The van der Waals surface area contributed by atoms with E-state index in [1.807, 2.05) is 0 Å². The fourth-order valence-electron chi connectivity index (χ4n) is 0.657. The van der Waals surface area contributed by atoms with Gasteiger partial charge in [-0.3, -0.25) is 0 Å². The van der Waals surface area contributed by atoms with Crippen LogP contribution in [0.4, 0.5) is 13.2 Å². The van der Waals surface area contributed by atoms with Crippen molar-refractivity contribution in [3.05, 3.63) is 23.6 Å². The fraction of sp³-hybridized carbons (Fsp3) is 0.167. The number of hydrogen-bond donors (Lipinski definition) is 1. The number of rotatable bonds is 0. The molecule has 1 aliphatic heterocycles. The molecule has 0 saturated heterocycles. The third kappa shape index (κ3) is 1.34. The van der Waals surface area contributed by atoms with Crippen LogP contribution in [0.15, 0.2) is 23.6 Å². The highest BCUT2D eigenvalue weighted by Crippen LogP contribution is 2.19. The molecule has 11 heavy (non-hydrogen) atoms. The van der Waals surface area contributed by atoms with Gasteiger partial charge in [-0.15, -0.1) is 0 Å². The van der Waals surface area contributed by atoms with Crippen LogP contribution in [0.1, 0.15) is 0 Å². The summed E-state index contributed by atoms with van der Waals surface area (Å²) in [7, 11) is 0. The molecule has 0 bridgehead atoms. The number of nitrogens with zero attached hydrogens (tertiary/aromatic N) is 1. The molecule has 1 rings (SSSR count). The van der Waals surface area contributed by atoms with Crippen LogP contribution < -0.4 is 5.32 Å². The van der Waals surface area contributed by atoms with Gasteiger partial charge in [-0.25, -0.2) is 4.39 Å². The smallest absolute Gasteiger partial charge is 0.210 e. The van der Waals surface area contributed by atoms with Crippen molar-refractivity contribution >= 4 is 0 Å². The van der Waals surface area contributed by atoms with Crippen molar-refractivity contribution in [1.82, 2.24) is 5.32 Å². The molecule has 1 aliphatic rings. The second kappa shape index (κ2) is 2.66. The molecule has 0 radical (unpaired) electrons. The Labute approximate surface area is 60.6 Å². The summed E-state index contributed by atoms with van der Waals surface area (Å²) < 4.78 is 37.0. The molecule has 0 aromatic rings. The lowest BCUT2D eigenvalue weighted by molar-refractivity contribution is 0.394. The van der Waals surface area contributed by atoms with E-state index in [1.54, 1.807) is 5.32 Å². The molecule has 1 atom stereocenters. The van der Waals surface area contributed by atoms with Gasteiger partial charge in [0.05, 0.1) is 0 Å². The van der Waals surface area contributed by atoms with E-state index in [0.717, 1.165) is 0 Å². The predicted octanol–water partition coefficient (Wildman–Crippen LogP) is 1.44. The van der Waals surface area contributed by atoms with Crippen LogP contribution in [-0.2, 0) is 0 Å². The average Bonchev–Trinajstić information content (AvgIpc) is 1.85. The Morgan fingerprint density at radius 1 is 1.55 bits per heavy atom. The van der Waals surface area contributed by atoms with Gasteiger partial charge < -0.3 is 5.32 Å². The molecule has 0 saturated carbocycles. The monoisotopic (exact) mass is 160 g/mol. The minimum Gasteiger partial charge on any atom is -0.308 e. The molecule has 1 heterocycles. The van der Waals surface area contributed by atoms with Crippen molar-refractivity contribution in [3.63, 3.8) is 0 Å². The molecule has 2 nitrogen and oxygen atoms in total. The molecule has 0 aromatic carbocycles. The highest BCUT2D eigenvalue weighted by molar-refractivity contribution is 5.35. The van der Waals surface area contributed by atoms with Gasteiger partial charge in [-0.2, -0.15) is 14.0 Å². The molecule has 5 heteroatoms. The molecule has 0 spiro atoms. The summed E-state index contributed by atoms with van der Waals surface area (Å²) in [6, 6.07) is 1.28. The summed E-state index contributed by atoms with van der Waals surface area (Å²) in [6.45, 7) is 0. The van der Waals surface area contributed by atoms with Crippen LogP contribution in [0.3, 0.4) is 0 Å². The number of dihydropyridines is 1. The number of hydrogen-bond acceptors (Lipinski definition) is 2. The first-order valence-corrected chi connectivity index (χ1v) is 2.73. The summed E-state index contributed by atoms with van der Waals surface area (Å²) in [6.07, 6.45) is -1.50. The van der Waals surface area contributed by atoms with E-state index in [0.29, 0.717) is 6.08 Å². The molecule has 1 N–H and O–H groups in total. The minimum absolute atomic E-state index is 0.488. The van der Waals surface area contributed by atoms with E-state index in [4.69, 9.17) is 5.26 Å². The Balaban J connectivity index is 2.96. The number of nitrogens with one attached hydrogen (secondary N) is 1. The van der Waals surface area contributed by atoms with E-state index in [1.165, 1.54) is 6.07 Å². The van der Waals surface area contributed by atoms with Gasteiger partial charge in [0.25, 0.3) is 0 Å². The fourth-order valence-corrected chi connectivity index (χ4v) is 0.657. The van der Waals surface area contributed by atoms with Crippen molar-refractivity contribution in [2.24, 2.45) is 0 Å². The van der Waals surface area contributed by atoms with Crippen LogP contribution in [0.2, 0.25) is 0 Å². The summed E-state index contributed by atoms with van der Waals surface area (Å²) in [5.41, 5.74) is -0.730. The lowest BCUT2D eigenvalue weighted by Crippen LogP contribution is -2.19. The molecule has 1 unspecified atom stereocenters. The number of alkyl halides is 1. The summed E-state index contributed by atoms with van der Waals surface area (Å²) >= 11 is 0. The van der Waals surface area contributed by atoms with Gasteiger partial charge in [-0.05, 0) is 0 Å². The number of nitriles is 1. The maximum absolute atomic E-state index is 12.5. The average molecular weight is 160 g/mol. The molecule has 58 valence electrons. The van der Waals surface area contributed by atoms with Crippen LogP contribution in [-0.4, -0.2) is 6.17 Å². The van der Waals surface area contributed by atoms with Crippen molar-refractivity contribution < 1.29 is 13.2 Å². The van der Waals surface area contributed by atoms with Gasteiger partial charge in [0.15, 0.2) is 12.1 Å². The van der Waals surface area contributed by atoms with Crippen molar-refractivity contribution in [1.29, 1.82) is 5.26 Å². The highest BCUT2D eigenvalue weighted by atomic mass is 19.2. The molecule has 0 aromatic heterocycles. The van der Waals surface area contributed by atoms with Crippen LogP contribution in [0, 0.1) is 11.3 Å². The predicted molar refractivity (Wildman–Crippen MR) is 31.0 cm³/mol. The second-order valence-electron chi connectivity index (χ2n) is 1.88. The molecular formula is C6H3F3N2. The Morgan fingerprint density at radius 2 is 2.18 bits per heavy atom. The van der Waals surface area contributed by atoms with E-state index in [9.17, 15) is 13.2 Å². The molecule has 0 fully saturated rings. The van der Waals surface area contributed by atoms with E-state index in [-0.39, 0.29) is 0 Å². The van der Waals surface area contributed by atoms with Gasteiger partial charge >= 0.3 is 0 Å². The first-order valence-electron chi connectivity index (χ1n) is 2.73. The summed E-state index contributed by atoms with van der Waals surface area (Å²) in [5.74, 6) is -2.38. The lowest BCUT2D eigenvalue weighted by atomic mass is 10.1. The Kier molecular flexibility index (Phi) is 1.85. The normalized spacial score (nSPS) is 23.8. The van der Waals surface area contributed by atoms with Crippen molar-refractivity contribution in [3.8, 4) is 6.07 Å². The zero-order valence-electron chi connectivity index (χ0n) is 5.24. The van der Waals surface area contributed by atoms with Gasteiger partial charge in [0.2, 0.25) is 5.95 Å². The quantitative estimate of drug-likeness (QED) is 0.544. The number of halogens is 3. The van der Waals surface area contributed by atoms with Gasteiger partial charge in [-0.1, -0.05) is 0 Å². The maximum atomic E-state index is 12.5. The molecule has 0 amide bonds. The standard InChI is InChI=1S/C6H3F3N2/c7-4-1-5(8)11-6(9)3(4)2-10/h1,4,11H. The first kappa shape index (κ1) is 7.66.